The van der Waals surface area contributed by atoms with Gasteiger partial charge in [-0.3, -0.25) is 4.79 Å². The van der Waals surface area contributed by atoms with E-state index in [2.05, 4.69) is 31.4 Å². The molecule has 2 N–H and O–H groups in total. The maximum atomic E-state index is 13.2. The molecule has 3 amide bonds. The maximum absolute atomic E-state index is 13.2. The molecule has 0 atom stereocenters. The second kappa shape index (κ2) is 7.64. The number of likely N-dealkylation sites (tertiary alicyclic amines) is 1. The molecular weight excluding hydrogens is 309 g/mol. The lowest BCUT2D eigenvalue weighted by molar-refractivity contribution is 0.0917. The molecule has 0 unspecified atom stereocenters. The normalized spacial score (nSPS) is 15.9. The summed E-state index contributed by atoms with van der Waals surface area (Å²) in [4.78, 5) is 26.0. The van der Waals surface area contributed by atoms with Gasteiger partial charge >= 0.3 is 6.03 Å². The van der Waals surface area contributed by atoms with E-state index in [-0.39, 0.29) is 23.4 Å². The first-order valence-electron chi connectivity index (χ1n) is 8.34. The van der Waals surface area contributed by atoms with E-state index < -0.39 is 5.82 Å². The first-order valence-corrected chi connectivity index (χ1v) is 8.34. The summed E-state index contributed by atoms with van der Waals surface area (Å²) in [6.07, 6.45) is 1.40. The third-order valence-corrected chi connectivity index (χ3v) is 3.97. The Hall–Kier alpha value is -2.11. The van der Waals surface area contributed by atoms with Crippen LogP contribution in [0.4, 0.5) is 9.18 Å². The number of halogens is 1. The van der Waals surface area contributed by atoms with Crippen LogP contribution in [0.5, 0.6) is 0 Å². The van der Waals surface area contributed by atoms with Crippen molar-refractivity contribution >= 4 is 11.9 Å². The molecule has 0 aromatic heterocycles. The lowest BCUT2D eigenvalue weighted by Gasteiger charge is -2.33. The summed E-state index contributed by atoms with van der Waals surface area (Å²) >= 11 is 0. The van der Waals surface area contributed by atoms with Crippen molar-refractivity contribution in [3.8, 4) is 0 Å². The average molecular weight is 335 g/mol. The SMILES string of the molecule is CC(C)(C)CNC(=O)N1CCC(NC(=O)c2cccc(F)c2)CC1. The van der Waals surface area contributed by atoms with Crippen molar-refractivity contribution in [1.29, 1.82) is 0 Å². The molecule has 0 saturated carbocycles. The van der Waals surface area contributed by atoms with Crippen molar-refractivity contribution in [1.82, 2.24) is 15.5 Å². The number of amides is 3. The zero-order valence-corrected chi connectivity index (χ0v) is 14.6. The van der Waals surface area contributed by atoms with Crippen LogP contribution in [0.2, 0.25) is 0 Å². The summed E-state index contributed by atoms with van der Waals surface area (Å²) in [5, 5.41) is 5.85. The Morgan fingerprint density at radius 3 is 2.50 bits per heavy atom. The van der Waals surface area contributed by atoms with Crippen molar-refractivity contribution in [2.45, 2.75) is 39.7 Å². The second-order valence-corrected chi connectivity index (χ2v) is 7.46. The topological polar surface area (TPSA) is 61.4 Å². The Labute approximate surface area is 142 Å². The largest absolute Gasteiger partial charge is 0.349 e. The Bertz CT molecular complexity index is 590. The monoisotopic (exact) mass is 335 g/mol. The summed E-state index contributed by atoms with van der Waals surface area (Å²) in [7, 11) is 0. The summed E-state index contributed by atoms with van der Waals surface area (Å²) in [6.45, 7) is 8.04. The first kappa shape index (κ1) is 18.2. The van der Waals surface area contributed by atoms with Crippen LogP contribution in [0.25, 0.3) is 0 Å². The van der Waals surface area contributed by atoms with Crippen LogP contribution in [0.3, 0.4) is 0 Å². The van der Waals surface area contributed by atoms with E-state index in [4.69, 9.17) is 0 Å². The van der Waals surface area contributed by atoms with Crippen molar-refractivity contribution in [2.24, 2.45) is 5.41 Å². The number of rotatable bonds is 3. The van der Waals surface area contributed by atoms with E-state index >= 15 is 0 Å². The minimum atomic E-state index is -0.423. The molecule has 0 bridgehead atoms. The molecule has 1 aliphatic heterocycles. The fraction of sp³-hybridized carbons (Fsp3) is 0.556. The molecule has 6 heteroatoms. The zero-order valence-electron chi connectivity index (χ0n) is 14.6. The van der Waals surface area contributed by atoms with E-state index in [1.165, 1.54) is 18.2 Å². The van der Waals surface area contributed by atoms with Crippen molar-refractivity contribution in [3.63, 3.8) is 0 Å². The van der Waals surface area contributed by atoms with Gasteiger partial charge in [0.05, 0.1) is 0 Å². The highest BCUT2D eigenvalue weighted by Gasteiger charge is 2.24. The number of urea groups is 1. The molecule has 0 aliphatic carbocycles. The summed E-state index contributed by atoms with van der Waals surface area (Å²) in [5.41, 5.74) is 0.368. The van der Waals surface area contributed by atoms with E-state index in [1.54, 1.807) is 11.0 Å². The molecule has 24 heavy (non-hydrogen) atoms. The van der Waals surface area contributed by atoms with Crippen molar-refractivity contribution in [3.05, 3.63) is 35.6 Å². The van der Waals surface area contributed by atoms with Gasteiger partial charge in [0.15, 0.2) is 0 Å². The molecule has 5 nitrogen and oxygen atoms in total. The van der Waals surface area contributed by atoms with Gasteiger partial charge in [0.25, 0.3) is 5.91 Å². The Kier molecular flexibility index (Phi) is 5.80. The van der Waals surface area contributed by atoms with Crippen LogP contribution in [-0.2, 0) is 0 Å². The molecule has 1 aromatic carbocycles. The summed E-state index contributed by atoms with van der Waals surface area (Å²) in [6, 6.07) is 5.60. The highest BCUT2D eigenvalue weighted by atomic mass is 19.1. The number of nitrogens with one attached hydrogen (secondary N) is 2. The number of benzene rings is 1. The molecule has 0 spiro atoms. The fourth-order valence-electron chi connectivity index (χ4n) is 2.58. The van der Waals surface area contributed by atoms with Gasteiger partial charge in [-0.2, -0.15) is 0 Å². The van der Waals surface area contributed by atoms with Crippen LogP contribution in [0.1, 0.15) is 44.0 Å². The Morgan fingerprint density at radius 2 is 1.92 bits per heavy atom. The van der Waals surface area contributed by atoms with Gasteiger partial charge in [-0.25, -0.2) is 9.18 Å². The fourth-order valence-corrected chi connectivity index (χ4v) is 2.58. The van der Waals surface area contributed by atoms with E-state index in [0.717, 1.165) is 0 Å². The molecule has 1 aliphatic rings. The Morgan fingerprint density at radius 1 is 1.25 bits per heavy atom. The van der Waals surface area contributed by atoms with Crippen molar-refractivity contribution in [2.75, 3.05) is 19.6 Å². The van der Waals surface area contributed by atoms with Gasteiger partial charge in [-0.1, -0.05) is 26.8 Å². The van der Waals surface area contributed by atoms with Gasteiger partial charge in [0.1, 0.15) is 5.82 Å². The van der Waals surface area contributed by atoms with E-state index in [0.29, 0.717) is 38.0 Å². The second-order valence-electron chi connectivity index (χ2n) is 7.46. The molecule has 132 valence electrons. The molecule has 1 saturated heterocycles. The van der Waals surface area contributed by atoms with Gasteiger partial charge in [-0.05, 0) is 36.5 Å². The van der Waals surface area contributed by atoms with Gasteiger partial charge in [0.2, 0.25) is 0 Å². The number of carbonyl (C=O) groups excluding carboxylic acids is 2. The van der Waals surface area contributed by atoms with Crippen LogP contribution in [0, 0.1) is 11.2 Å². The maximum Gasteiger partial charge on any atom is 0.317 e. The highest BCUT2D eigenvalue weighted by Crippen LogP contribution is 2.14. The predicted molar refractivity (Wildman–Crippen MR) is 91.3 cm³/mol. The zero-order chi connectivity index (χ0) is 17.7. The molecule has 2 rings (SSSR count). The van der Waals surface area contributed by atoms with Gasteiger partial charge in [-0.15, -0.1) is 0 Å². The summed E-state index contributed by atoms with van der Waals surface area (Å²) in [5.74, 6) is -0.696. The third-order valence-electron chi connectivity index (χ3n) is 3.97. The van der Waals surface area contributed by atoms with Gasteiger partial charge in [0, 0.05) is 31.2 Å². The average Bonchev–Trinajstić information content (AvgIpc) is 2.52. The smallest absolute Gasteiger partial charge is 0.317 e. The number of piperidine rings is 1. The lowest BCUT2D eigenvalue weighted by Crippen LogP contribution is -2.50. The third kappa shape index (κ3) is 5.51. The van der Waals surface area contributed by atoms with Crippen LogP contribution < -0.4 is 10.6 Å². The molecule has 1 fully saturated rings. The quantitative estimate of drug-likeness (QED) is 0.892. The number of carbonyl (C=O) groups is 2. The van der Waals surface area contributed by atoms with Gasteiger partial charge < -0.3 is 15.5 Å². The van der Waals surface area contributed by atoms with Crippen molar-refractivity contribution < 1.29 is 14.0 Å². The molecular formula is C18H26FN3O2. The number of nitrogens with zero attached hydrogens (tertiary/aromatic N) is 1. The molecule has 1 heterocycles. The summed E-state index contributed by atoms with van der Waals surface area (Å²) < 4.78 is 13.2. The standard InChI is InChI=1S/C18H26FN3O2/c1-18(2,3)12-20-17(24)22-9-7-15(8-10-22)21-16(23)13-5-4-6-14(19)11-13/h4-6,11,15H,7-10,12H2,1-3H3,(H,20,24)(H,21,23). The van der Waals surface area contributed by atoms with Crippen LogP contribution in [-0.4, -0.2) is 42.5 Å². The Balaban J connectivity index is 1.78. The molecule has 0 radical (unpaired) electrons. The minimum Gasteiger partial charge on any atom is -0.349 e. The minimum absolute atomic E-state index is 0.00688. The predicted octanol–water partition coefficient (Wildman–Crippen LogP) is 2.78. The highest BCUT2D eigenvalue weighted by molar-refractivity contribution is 5.94. The first-order chi connectivity index (χ1) is 11.2. The lowest BCUT2D eigenvalue weighted by atomic mass is 9.97. The van der Waals surface area contributed by atoms with Crippen LogP contribution in [0.15, 0.2) is 24.3 Å². The molecule has 1 aromatic rings. The number of hydrogen-bond acceptors (Lipinski definition) is 2. The van der Waals surface area contributed by atoms with E-state index in [1.807, 2.05) is 0 Å². The number of hydrogen-bond donors (Lipinski definition) is 2. The van der Waals surface area contributed by atoms with E-state index in [9.17, 15) is 14.0 Å². The van der Waals surface area contributed by atoms with Crippen LogP contribution >= 0.6 is 0 Å².